The molecule has 0 saturated carbocycles. The van der Waals surface area contributed by atoms with Crippen LogP contribution in [0.1, 0.15) is 36.1 Å². The van der Waals surface area contributed by atoms with Crippen LogP contribution in [0.2, 0.25) is 0 Å². The molecule has 164 valence electrons. The topological polar surface area (TPSA) is 71.4 Å². The Morgan fingerprint density at radius 3 is 2.55 bits per heavy atom. The van der Waals surface area contributed by atoms with E-state index in [1.807, 2.05) is 55.5 Å². The summed E-state index contributed by atoms with van der Waals surface area (Å²) in [5.74, 6) is 0.336. The van der Waals surface area contributed by atoms with Crippen LogP contribution in [0.4, 0.5) is 0 Å². The van der Waals surface area contributed by atoms with Crippen molar-refractivity contribution in [2.24, 2.45) is 5.10 Å². The van der Waals surface area contributed by atoms with E-state index in [-0.39, 0.29) is 24.4 Å². The molecule has 0 aromatic heterocycles. The second-order valence-electron chi connectivity index (χ2n) is 7.58. The summed E-state index contributed by atoms with van der Waals surface area (Å²) in [5.41, 5.74) is 3.88. The summed E-state index contributed by atoms with van der Waals surface area (Å²) in [4.78, 5) is 26.7. The molecule has 0 aliphatic carbocycles. The summed E-state index contributed by atoms with van der Waals surface area (Å²) in [6.45, 7) is 4.16. The zero-order valence-corrected chi connectivity index (χ0v) is 18.5. The van der Waals surface area contributed by atoms with Crippen LogP contribution < -0.4 is 4.74 Å². The summed E-state index contributed by atoms with van der Waals surface area (Å²) >= 11 is 0. The fraction of sp³-hybridized carbons (Fsp3) is 0.375. The lowest BCUT2D eigenvalue weighted by molar-refractivity contribution is -0.141. The average Bonchev–Trinajstić information content (AvgIpc) is 3.22. The highest BCUT2D eigenvalue weighted by Gasteiger charge is 2.34. The molecule has 1 aliphatic rings. The van der Waals surface area contributed by atoms with E-state index < -0.39 is 0 Å². The molecule has 7 nitrogen and oxygen atoms in total. The lowest BCUT2D eigenvalue weighted by atomic mass is 9.97. The van der Waals surface area contributed by atoms with Gasteiger partial charge in [0.2, 0.25) is 5.91 Å². The number of methoxy groups -OCH3 is 2. The average molecular weight is 424 g/mol. The van der Waals surface area contributed by atoms with Crippen LogP contribution in [-0.2, 0) is 14.3 Å². The van der Waals surface area contributed by atoms with Crippen LogP contribution in [0.5, 0.6) is 5.75 Å². The SMILES string of the molecule is COCCN(CC(=O)N1N=C(c2cccc(OC)c2)CC1c1ccc(C)cc1)C(C)=O. The van der Waals surface area contributed by atoms with E-state index in [1.54, 1.807) is 14.2 Å². The number of nitrogens with zero attached hydrogens (tertiary/aromatic N) is 3. The van der Waals surface area contributed by atoms with E-state index in [0.717, 1.165) is 28.2 Å². The van der Waals surface area contributed by atoms with Crippen molar-refractivity contribution in [1.29, 1.82) is 0 Å². The number of amides is 2. The highest BCUT2D eigenvalue weighted by Crippen LogP contribution is 2.33. The van der Waals surface area contributed by atoms with Gasteiger partial charge < -0.3 is 14.4 Å². The Morgan fingerprint density at radius 1 is 1.16 bits per heavy atom. The second-order valence-corrected chi connectivity index (χ2v) is 7.58. The summed E-state index contributed by atoms with van der Waals surface area (Å²) < 4.78 is 10.4. The normalized spacial score (nSPS) is 15.5. The second kappa shape index (κ2) is 10.2. The molecule has 31 heavy (non-hydrogen) atoms. The molecular formula is C24H29N3O4. The maximum absolute atomic E-state index is 13.2. The van der Waals surface area contributed by atoms with E-state index in [2.05, 4.69) is 5.10 Å². The molecule has 2 aromatic carbocycles. The lowest BCUT2D eigenvalue weighted by Crippen LogP contribution is -2.41. The first-order valence-electron chi connectivity index (χ1n) is 10.3. The number of aryl methyl sites for hydroxylation is 1. The summed E-state index contributed by atoms with van der Waals surface area (Å²) in [5, 5.41) is 6.20. The monoisotopic (exact) mass is 423 g/mol. The van der Waals surface area contributed by atoms with Gasteiger partial charge in [-0.3, -0.25) is 9.59 Å². The van der Waals surface area contributed by atoms with Gasteiger partial charge in [0.1, 0.15) is 12.3 Å². The minimum atomic E-state index is -0.231. The lowest BCUT2D eigenvalue weighted by Gasteiger charge is -2.26. The third-order valence-corrected chi connectivity index (χ3v) is 5.37. The fourth-order valence-corrected chi connectivity index (χ4v) is 3.55. The molecule has 2 aromatic rings. The maximum Gasteiger partial charge on any atom is 0.262 e. The number of hydrogen-bond acceptors (Lipinski definition) is 5. The first-order chi connectivity index (χ1) is 14.9. The Labute approximate surface area is 183 Å². The van der Waals surface area contributed by atoms with Crippen molar-refractivity contribution in [3.05, 3.63) is 65.2 Å². The first kappa shape index (κ1) is 22.5. The van der Waals surface area contributed by atoms with E-state index in [9.17, 15) is 9.59 Å². The molecule has 0 N–H and O–H groups in total. The zero-order chi connectivity index (χ0) is 22.4. The van der Waals surface area contributed by atoms with Crippen molar-refractivity contribution in [2.45, 2.75) is 26.3 Å². The third-order valence-electron chi connectivity index (χ3n) is 5.37. The molecule has 2 amide bonds. The smallest absolute Gasteiger partial charge is 0.262 e. The van der Waals surface area contributed by atoms with Gasteiger partial charge in [-0.15, -0.1) is 0 Å². The van der Waals surface area contributed by atoms with Gasteiger partial charge in [0.25, 0.3) is 5.91 Å². The van der Waals surface area contributed by atoms with E-state index >= 15 is 0 Å². The molecule has 1 atom stereocenters. The molecule has 1 unspecified atom stereocenters. The number of hydrogen-bond donors (Lipinski definition) is 0. The summed E-state index contributed by atoms with van der Waals surface area (Å²) in [7, 11) is 3.19. The number of rotatable bonds is 8. The molecule has 3 rings (SSSR count). The van der Waals surface area contributed by atoms with E-state index in [1.165, 1.54) is 16.8 Å². The fourth-order valence-electron chi connectivity index (χ4n) is 3.55. The van der Waals surface area contributed by atoms with Crippen LogP contribution in [0.3, 0.4) is 0 Å². The van der Waals surface area contributed by atoms with Gasteiger partial charge in [0.15, 0.2) is 0 Å². The molecule has 0 fully saturated rings. The van der Waals surface area contributed by atoms with Crippen LogP contribution in [0.15, 0.2) is 53.6 Å². The maximum atomic E-state index is 13.2. The van der Waals surface area contributed by atoms with Crippen molar-refractivity contribution in [3.8, 4) is 5.75 Å². The van der Waals surface area contributed by atoms with Crippen LogP contribution in [0.25, 0.3) is 0 Å². The number of carbonyl (C=O) groups is 2. The highest BCUT2D eigenvalue weighted by atomic mass is 16.5. The van der Waals surface area contributed by atoms with E-state index in [4.69, 9.17) is 9.47 Å². The van der Waals surface area contributed by atoms with Crippen LogP contribution in [-0.4, -0.2) is 61.4 Å². The van der Waals surface area contributed by atoms with Crippen molar-refractivity contribution >= 4 is 17.5 Å². The Balaban J connectivity index is 1.90. The van der Waals surface area contributed by atoms with E-state index in [0.29, 0.717) is 19.6 Å². The van der Waals surface area contributed by atoms with Gasteiger partial charge in [-0.2, -0.15) is 5.10 Å². The Bertz CT molecular complexity index is 956. The zero-order valence-electron chi connectivity index (χ0n) is 18.5. The largest absolute Gasteiger partial charge is 0.497 e. The summed E-state index contributed by atoms with van der Waals surface area (Å²) in [6, 6.07) is 15.5. The Kier molecular flexibility index (Phi) is 7.41. The van der Waals surface area contributed by atoms with Gasteiger partial charge >= 0.3 is 0 Å². The summed E-state index contributed by atoms with van der Waals surface area (Å²) in [6.07, 6.45) is 0.583. The van der Waals surface area contributed by atoms with Gasteiger partial charge in [-0.05, 0) is 24.6 Å². The Morgan fingerprint density at radius 2 is 1.90 bits per heavy atom. The van der Waals surface area contributed by atoms with Gasteiger partial charge in [-0.1, -0.05) is 42.0 Å². The van der Waals surface area contributed by atoms with Crippen molar-refractivity contribution in [1.82, 2.24) is 9.91 Å². The Hall–Kier alpha value is -3.19. The first-order valence-corrected chi connectivity index (χ1v) is 10.3. The number of carbonyl (C=O) groups excluding carboxylic acids is 2. The molecular weight excluding hydrogens is 394 g/mol. The van der Waals surface area contributed by atoms with Crippen LogP contribution >= 0.6 is 0 Å². The van der Waals surface area contributed by atoms with Gasteiger partial charge in [-0.25, -0.2) is 5.01 Å². The molecule has 1 heterocycles. The quantitative estimate of drug-likeness (QED) is 0.654. The number of ether oxygens (including phenoxy) is 2. The van der Waals surface area contributed by atoms with Crippen molar-refractivity contribution < 1.29 is 19.1 Å². The minimum Gasteiger partial charge on any atom is -0.497 e. The molecule has 0 bridgehead atoms. The van der Waals surface area contributed by atoms with Gasteiger partial charge in [0, 0.05) is 32.6 Å². The molecule has 0 radical (unpaired) electrons. The predicted molar refractivity (Wildman–Crippen MR) is 119 cm³/mol. The van der Waals surface area contributed by atoms with Crippen LogP contribution in [0, 0.1) is 6.92 Å². The van der Waals surface area contributed by atoms with Crippen molar-refractivity contribution in [3.63, 3.8) is 0 Å². The minimum absolute atomic E-state index is 0.0457. The predicted octanol–water partition coefficient (Wildman–Crippen LogP) is 3.18. The van der Waals surface area contributed by atoms with Gasteiger partial charge in [0.05, 0.1) is 25.5 Å². The molecule has 0 saturated heterocycles. The standard InChI is InChI=1S/C24H29N3O4/c1-17-8-10-19(11-9-17)23-15-22(20-6-5-7-21(14-20)31-4)25-27(23)24(29)16-26(18(2)28)12-13-30-3/h5-11,14,23H,12-13,15-16H2,1-4H3. The third kappa shape index (κ3) is 5.49. The van der Waals surface area contributed by atoms with Crippen molar-refractivity contribution in [2.75, 3.05) is 33.9 Å². The number of hydrazone groups is 1. The number of benzene rings is 2. The molecule has 0 spiro atoms. The molecule has 7 heteroatoms. The molecule has 1 aliphatic heterocycles. The highest BCUT2D eigenvalue weighted by molar-refractivity contribution is 6.03.